The van der Waals surface area contributed by atoms with E-state index < -0.39 is 0 Å². The fourth-order valence-corrected chi connectivity index (χ4v) is 3.57. The smallest absolute Gasteiger partial charge is 0.261 e. The van der Waals surface area contributed by atoms with Crippen LogP contribution in [0.3, 0.4) is 0 Å². The van der Waals surface area contributed by atoms with Crippen molar-refractivity contribution in [1.29, 1.82) is 0 Å². The van der Waals surface area contributed by atoms with Crippen LogP contribution in [-0.4, -0.2) is 19.1 Å². The summed E-state index contributed by atoms with van der Waals surface area (Å²) >= 11 is 0. The van der Waals surface area contributed by atoms with Gasteiger partial charge in [-0.3, -0.25) is 9.28 Å². The highest BCUT2D eigenvalue weighted by Crippen LogP contribution is 2.38. The van der Waals surface area contributed by atoms with E-state index in [0.29, 0.717) is 0 Å². The highest BCUT2D eigenvalue weighted by atomic mass is 16.2. The molecule has 2 atom stereocenters. The first-order valence-electron chi connectivity index (χ1n) is 7.01. The van der Waals surface area contributed by atoms with Crippen LogP contribution in [0.4, 0.5) is 5.69 Å². The topological polar surface area (TPSA) is 29.1 Å². The van der Waals surface area contributed by atoms with Crippen LogP contribution >= 0.6 is 0 Å². The summed E-state index contributed by atoms with van der Waals surface area (Å²) in [6.07, 6.45) is 1.03. The Morgan fingerprint density at radius 3 is 2.60 bits per heavy atom. The molecule has 0 fully saturated rings. The van der Waals surface area contributed by atoms with Gasteiger partial charge in [0.25, 0.3) is 5.91 Å². The number of likely N-dealkylation sites (N-methyl/N-ethyl adjacent to an activating group) is 1. The van der Waals surface area contributed by atoms with Crippen LogP contribution in [0.25, 0.3) is 0 Å². The van der Waals surface area contributed by atoms with Crippen molar-refractivity contribution in [2.75, 3.05) is 7.05 Å². The monoisotopic (exact) mass is 265 g/mol. The minimum Gasteiger partial charge on any atom is -0.302 e. The quantitative estimate of drug-likeness (QED) is 0.728. The van der Waals surface area contributed by atoms with Crippen molar-refractivity contribution in [3.63, 3.8) is 0 Å². The number of carbonyl (C=O) groups excluding carboxylic acids is 1. The lowest BCUT2D eigenvalue weighted by molar-refractivity contribution is 0.0811. The summed E-state index contributed by atoms with van der Waals surface area (Å²) in [5.41, 5.74) is 4.69. The molecule has 2 aromatic rings. The molecular weight excluding hydrogens is 248 g/mol. The van der Waals surface area contributed by atoms with E-state index in [4.69, 9.17) is 0 Å². The number of nitrogens with one attached hydrogen (secondary N) is 1. The third-order valence-corrected chi connectivity index (χ3v) is 4.72. The van der Waals surface area contributed by atoms with Crippen LogP contribution in [0.5, 0.6) is 0 Å². The van der Waals surface area contributed by atoms with E-state index in [-0.39, 0.29) is 12.1 Å². The summed E-state index contributed by atoms with van der Waals surface area (Å²) in [6.45, 7) is 0.929. The van der Waals surface area contributed by atoms with Gasteiger partial charge in [-0.1, -0.05) is 36.4 Å². The predicted octanol–water partition coefficient (Wildman–Crippen LogP) is 2.45. The number of para-hydroxylation sites is 1. The predicted molar refractivity (Wildman–Crippen MR) is 79.3 cm³/mol. The zero-order valence-electron chi connectivity index (χ0n) is 11.5. The fourth-order valence-electron chi connectivity index (χ4n) is 3.57. The summed E-state index contributed by atoms with van der Waals surface area (Å²) in [6, 6.07) is 16.5. The van der Waals surface area contributed by atoms with Gasteiger partial charge in [0.1, 0.15) is 17.8 Å². The van der Waals surface area contributed by atoms with Crippen molar-refractivity contribution >= 4 is 11.6 Å². The van der Waals surface area contributed by atoms with Crippen molar-refractivity contribution in [1.82, 2.24) is 9.80 Å². The van der Waals surface area contributed by atoms with Gasteiger partial charge in [0.15, 0.2) is 6.17 Å². The van der Waals surface area contributed by atoms with Crippen molar-refractivity contribution in [3.05, 3.63) is 65.2 Å². The van der Waals surface area contributed by atoms with Gasteiger partial charge < -0.3 is 5.32 Å². The minimum absolute atomic E-state index is 0.0561. The van der Waals surface area contributed by atoms with E-state index in [1.165, 1.54) is 11.1 Å². The molecular formula is C17H17N2O+. The maximum Gasteiger partial charge on any atom is 0.261 e. The van der Waals surface area contributed by atoms with E-state index >= 15 is 0 Å². The van der Waals surface area contributed by atoms with Gasteiger partial charge in [-0.15, -0.1) is 0 Å². The molecule has 1 amide bonds. The lowest BCUT2D eigenvalue weighted by Crippen LogP contribution is -2.66. The van der Waals surface area contributed by atoms with Gasteiger partial charge in [-0.25, -0.2) is 0 Å². The van der Waals surface area contributed by atoms with Crippen LogP contribution < -0.4 is 9.80 Å². The molecule has 3 heteroatoms. The van der Waals surface area contributed by atoms with Crippen molar-refractivity contribution in [2.24, 2.45) is 0 Å². The van der Waals surface area contributed by atoms with E-state index in [1.807, 2.05) is 18.2 Å². The molecule has 2 heterocycles. The molecule has 2 aliphatic rings. The number of hydrogen-bond acceptors (Lipinski definition) is 1. The number of fused-ring (bicyclic) bond motifs is 4. The second-order valence-electron chi connectivity index (χ2n) is 5.91. The van der Waals surface area contributed by atoms with E-state index in [2.05, 4.69) is 42.7 Å². The number of amides is 1. The molecule has 0 aliphatic carbocycles. The van der Waals surface area contributed by atoms with Gasteiger partial charge in [0.2, 0.25) is 0 Å². The van der Waals surface area contributed by atoms with Crippen LogP contribution in [-0.2, 0) is 13.0 Å². The van der Waals surface area contributed by atoms with Crippen molar-refractivity contribution in [3.8, 4) is 0 Å². The molecule has 4 rings (SSSR count). The highest BCUT2D eigenvalue weighted by molar-refractivity contribution is 6.01. The molecule has 2 aromatic carbocycles. The lowest BCUT2D eigenvalue weighted by atomic mass is 9.91. The molecule has 20 heavy (non-hydrogen) atoms. The SMILES string of the molecule is C[N+]12Cc3ccccc3CC1NC(=O)c1ccccc12. The lowest BCUT2D eigenvalue weighted by Gasteiger charge is -2.47. The summed E-state index contributed by atoms with van der Waals surface area (Å²) in [5, 5.41) is 3.19. The average molecular weight is 265 g/mol. The Morgan fingerprint density at radius 1 is 1.05 bits per heavy atom. The van der Waals surface area contributed by atoms with E-state index in [9.17, 15) is 4.79 Å². The largest absolute Gasteiger partial charge is 0.302 e. The zero-order chi connectivity index (χ0) is 13.7. The zero-order valence-corrected chi connectivity index (χ0v) is 11.5. The standard InChI is InChI=1S/C17H16N2O/c1-19-11-13-7-3-2-6-12(13)10-16(19)18-17(20)14-8-4-5-9-15(14)19/h2-9,16H,10-11H2,1H3/p+1. The van der Waals surface area contributed by atoms with E-state index in [0.717, 1.165) is 28.7 Å². The number of quaternary nitrogens is 1. The third kappa shape index (κ3) is 1.47. The Labute approximate surface area is 118 Å². The van der Waals surface area contributed by atoms with E-state index in [1.54, 1.807) is 0 Å². The number of nitrogens with zero attached hydrogens (tertiary/aromatic N) is 1. The van der Waals surface area contributed by atoms with Gasteiger partial charge in [0.05, 0.1) is 7.05 Å². The Kier molecular flexibility index (Phi) is 2.30. The normalized spacial score (nSPS) is 27.1. The number of carbonyl (C=O) groups is 1. The summed E-state index contributed by atoms with van der Waals surface area (Å²) in [5.74, 6) is 0.0561. The molecule has 2 aliphatic heterocycles. The number of hydrogen-bond donors (Lipinski definition) is 1. The summed E-state index contributed by atoms with van der Waals surface area (Å²) < 4.78 is 0.763. The second-order valence-corrected chi connectivity index (χ2v) is 5.91. The fraction of sp³-hybridized carbons (Fsp3) is 0.235. The van der Waals surface area contributed by atoms with Gasteiger partial charge in [-0.05, 0) is 11.6 Å². The molecule has 100 valence electrons. The van der Waals surface area contributed by atoms with Gasteiger partial charge in [-0.2, -0.15) is 0 Å². The molecule has 0 aromatic heterocycles. The third-order valence-electron chi connectivity index (χ3n) is 4.72. The van der Waals surface area contributed by atoms with Crippen molar-refractivity contribution < 1.29 is 4.79 Å². The molecule has 0 saturated carbocycles. The molecule has 0 bridgehead atoms. The second kappa shape index (κ2) is 3.93. The van der Waals surface area contributed by atoms with Crippen LogP contribution in [0.1, 0.15) is 21.5 Å². The Bertz CT molecular complexity index is 710. The molecule has 1 N–H and O–H groups in total. The van der Waals surface area contributed by atoms with Crippen LogP contribution in [0, 0.1) is 0 Å². The van der Waals surface area contributed by atoms with Crippen LogP contribution in [0.2, 0.25) is 0 Å². The minimum atomic E-state index is 0.0561. The molecule has 0 radical (unpaired) electrons. The van der Waals surface area contributed by atoms with Crippen LogP contribution in [0.15, 0.2) is 48.5 Å². The first kappa shape index (κ1) is 11.7. The average Bonchev–Trinajstić information content (AvgIpc) is 2.47. The molecule has 0 saturated heterocycles. The molecule has 0 spiro atoms. The Morgan fingerprint density at radius 2 is 1.75 bits per heavy atom. The highest BCUT2D eigenvalue weighted by Gasteiger charge is 2.46. The Hall–Kier alpha value is -2.13. The maximum atomic E-state index is 12.3. The first-order valence-corrected chi connectivity index (χ1v) is 7.01. The number of rotatable bonds is 0. The Balaban J connectivity index is 1.90. The first-order chi connectivity index (χ1) is 9.68. The maximum absolute atomic E-state index is 12.3. The van der Waals surface area contributed by atoms with Crippen molar-refractivity contribution in [2.45, 2.75) is 19.1 Å². The molecule has 2 unspecified atom stereocenters. The van der Waals surface area contributed by atoms with Gasteiger partial charge >= 0.3 is 0 Å². The summed E-state index contributed by atoms with van der Waals surface area (Å²) in [4.78, 5) is 12.3. The molecule has 3 nitrogen and oxygen atoms in total. The number of benzene rings is 2. The summed E-state index contributed by atoms with van der Waals surface area (Å²) in [7, 11) is 2.22. The van der Waals surface area contributed by atoms with Gasteiger partial charge in [0, 0.05) is 18.1 Å².